The number of nitrogens with zero attached hydrogens (tertiary/aromatic N) is 6. The maximum Gasteiger partial charge on any atom is 0.283 e. The number of likely N-dealkylation sites (N-methyl/N-ethyl adjacent to an activating group) is 2. The molecule has 0 bridgehead atoms. The van der Waals surface area contributed by atoms with E-state index < -0.39 is 0 Å². The Morgan fingerprint density at radius 1 is 1.21 bits per heavy atom. The van der Waals surface area contributed by atoms with Crippen LogP contribution in [-0.2, 0) is 4.79 Å². The summed E-state index contributed by atoms with van der Waals surface area (Å²) in [6.45, 7) is -0.0245. The molecule has 11 heteroatoms. The molecule has 0 fully saturated rings. The van der Waals surface area contributed by atoms with Crippen LogP contribution in [0.4, 0.5) is 11.5 Å². The van der Waals surface area contributed by atoms with E-state index in [1.165, 1.54) is 16.1 Å². The molecule has 3 heterocycles. The minimum absolute atomic E-state index is 0.0245. The highest BCUT2D eigenvalue weighted by atomic mass is 32.1. The summed E-state index contributed by atoms with van der Waals surface area (Å²) >= 11 is 1.16. The second kappa shape index (κ2) is 7.43. The van der Waals surface area contributed by atoms with Crippen LogP contribution in [0.15, 0.2) is 30.7 Å². The summed E-state index contributed by atoms with van der Waals surface area (Å²) in [5.74, 6) is -0.00659. The van der Waals surface area contributed by atoms with Crippen LogP contribution in [0.5, 0.6) is 0 Å². The van der Waals surface area contributed by atoms with Gasteiger partial charge in [-0.15, -0.1) is 0 Å². The van der Waals surface area contributed by atoms with Crippen molar-refractivity contribution in [3.8, 4) is 0 Å². The van der Waals surface area contributed by atoms with E-state index in [9.17, 15) is 9.59 Å². The van der Waals surface area contributed by atoms with Crippen LogP contribution < -0.4 is 5.32 Å². The fourth-order valence-corrected chi connectivity index (χ4v) is 3.58. The summed E-state index contributed by atoms with van der Waals surface area (Å²) in [5, 5.41) is 11.4. The average molecular weight is 410 g/mol. The summed E-state index contributed by atoms with van der Waals surface area (Å²) < 4.78 is 0. The number of carbonyl (C=O) groups excluding carboxylic acids is 2. The monoisotopic (exact) mass is 410 g/mol. The van der Waals surface area contributed by atoms with Gasteiger partial charge in [-0.2, -0.15) is 5.10 Å². The number of aromatic nitrogens is 5. The van der Waals surface area contributed by atoms with Crippen LogP contribution in [0, 0.1) is 0 Å². The highest BCUT2D eigenvalue weighted by molar-refractivity contribution is 7.19. The van der Waals surface area contributed by atoms with Crippen molar-refractivity contribution in [3.63, 3.8) is 0 Å². The number of carbonyl (C=O) groups is 2. The SMILES string of the molecule is CN(C)C(=O)CN(C)C(=O)c1nc2c(Nc3ccc4[nH]ncc4c3)ncnc2s1. The van der Waals surface area contributed by atoms with Crippen LogP contribution in [-0.4, -0.2) is 74.5 Å². The first-order valence-electron chi connectivity index (χ1n) is 8.69. The number of benzene rings is 1. The molecule has 0 unspecified atom stereocenters. The lowest BCUT2D eigenvalue weighted by molar-refractivity contribution is -0.129. The lowest BCUT2D eigenvalue weighted by atomic mass is 10.2. The second-order valence-electron chi connectivity index (χ2n) is 6.64. The average Bonchev–Trinajstić information content (AvgIpc) is 3.34. The predicted molar refractivity (Wildman–Crippen MR) is 110 cm³/mol. The molecule has 0 aliphatic rings. The molecule has 0 radical (unpaired) electrons. The highest BCUT2D eigenvalue weighted by Gasteiger charge is 2.21. The van der Waals surface area contributed by atoms with Crippen LogP contribution in [0.1, 0.15) is 9.80 Å². The van der Waals surface area contributed by atoms with Crippen LogP contribution >= 0.6 is 11.3 Å². The van der Waals surface area contributed by atoms with Gasteiger partial charge < -0.3 is 15.1 Å². The maximum absolute atomic E-state index is 12.7. The summed E-state index contributed by atoms with van der Waals surface area (Å²) in [6.07, 6.45) is 3.16. The quantitative estimate of drug-likeness (QED) is 0.515. The van der Waals surface area contributed by atoms with Gasteiger partial charge in [-0.25, -0.2) is 15.0 Å². The third-order valence-electron chi connectivity index (χ3n) is 4.30. The highest BCUT2D eigenvalue weighted by Crippen LogP contribution is 2.28. The molecule has 10 nitrogen and oxygen atoms in total. The third kappa shape index (κ3) is 3.72. The van der Waals surface area contributed by atoms with Crippen molar-refractivity contribution >= 4 is 55.9 Å². The van der Waals surface area contributed by atoms with E-state index in [4.69, 9.17) is 0 Å². The van der Waals surface area contributed by atoms with Crippen LogP contribution in [0.3, 0.4) is 0 Å². The molecule has 2 amide bonds. The molecule has 2 N–H and O–H groups in total. The first-order valence-corrected chi connectivity index (χ1v) is 9.51. The number of fused-ring (bicyclic) bond motifs is 2. The summed E-state index contributed by atoms with van der Waals surface area (Å²) in [6, 6.07) is 5.75. The molecular weight excluding hydrogens is 392 g/mol. The van der Waals surface area contributed by atoms with Crippen molar-refractivity contribution in [2.24, 2.45) is 0 Å². The molecule has 3 aromatic heterocycles. The summed E-state index contributed by atoms with van der Waals surface area (Å²) in [5.41, 5.74) is 2.24. The number of hydrogen-bond donors (Lipinski definition) is 2. The fourth-order valence-electron chi connectivity index (χ4n) is 2.67. The molecule has 0 saturated heterocycles. The molecule has 0 aliphatic heterocycles. The first-order chi connectivity index (χ1) is 13.9. The lowest BCUT2D eigenvalue weighted by Crippen LogP contribution is -2.37. The van der Waals surface area contributed by atoms with Gasteiger partial charge in [-0.1, -0.05) is 11.3 Å². The topological polar surface area (TPSA) is 120 Å². The normalized spacial score (nSPS) is 11.0. The van der Waals surface area contributed by atoms with Crippen molar-refractivity contribution in [1.29, 1.82) is 0 Å². The zero-order valence-corrected chi connectivity index (χ0v) is 16.8. The minimum Gasteiger partial charge on any atom is -0.347 e. The number of H-pyrrole nitrogens is 1. The van der Waals surface area contributed by atoms with Gasteiger partial charge in [0.15, 0.2) is 10.8 Å². The van der Waals surface area contributed by atoms with E-state index in [-0.39, 0.29) is 23.4 Å². The molecule has 4 aromatic rings. The van der Waals surface area contributed by atoms with Gasteiger partial charge in [0.1, 0.15) is 16.7 Å². The van der Waals surface area contributed by atoms with E-state index in [0.29, 0.717) is 16.2 Å². The Hall–Kier alpha value is -3.60. The number of anilines is 2. The Kier molecular flexibility index (Phi) is 4.80. The van der Waals surface area contributed by atoms with Crippen LogP contribution in [0.2, 0.25) is 0 Å². The molecular formula is C18H18N8O2S. The molecule has 0 aliphatic carbocycles. The van der Waals surface area contributed by atoms with E-state index >= 15 is 0 Å². The smallest absolute Gasteiger partial charge is 0.283 e. The van der Waals surface area contributed by atoms with Crippen molar-refractivity contribution < 1.29 is 9.59 Å². The number of thiazole rings is 1. The third-order valence-corrected chi connectivity index (χ3v) is 5.25. The van der Waals surface area contributed by atoms with Crippen molar-refractivity contribution in [2.75, 3.05) is 33.0 Å². The molecule has 0 atom stereocenters. The van der Waals surface area contributed by atoms with Crippen molar-refractivity contribution in [2.45, 2.75) is 0 Å². The van der Waals surface area contributed by atoms with Gasteiger partial charge in [0.25, 0.3) is 5.91 Å². The molecule has 1 aromatic carbocycles. The Morgan fingerprint density at radius 2 is 2.03 bits per heavy atom. The molecule has 0 spiro atoms. The lowest BCUT2D eigenvalue weighted by Gasteiger charge is -2.17. The number of rotatable bonds is 5. The van der Waals surface area contributed by atoms with Gasteiger partial charge in [0.05, 0.1) is 18.3 Å². The van der Waals surface area contributed by atoms with E-state index in [2.05, 4.69) is 30.5 Å². The Balaban J connectivity index is 1.61. The largest absolute Gasteiger partial charge is 0.347 e. The number of nitrogens with one attached hydrogen (secondary N) is 2. The Morgan fingerprint density at radius 3 is 2.83 bits per heavy atom. The Bertz CT molecular complexity index is 1220. The minimum atomic E-state index is -0.339. The van der Waals surface area contributed by atoms with E-state index in [1.807, 2.05) is 18.2 Å². The molecule has 148 valence electrons. The summed E-state index contributed by atoms with van der Waals surface area (Å²) in [4.78, 5) is 40.8. The van der Waals surface area contributed by atoms with Crippen LogP contribution in [0.25, 0.3) is 21.3 Å². The number of hydrogen-bond acceptors (Lipinski definition) is 8. The van der Waals surface area contributed by atoms with E-state index in [0.717, 1.165) is 27.9 Å². The zero-order valence-electron chi connectivity index (χ0n) is 16.0. The van der Waals surface area contributed by atoms with Crippen molar-refractivity contribution in [1.82, 2.24) is 34.9 Å². The molecule has 0 saturated carbocycles. The fraction of sp³-hybridized carbons (Fsp3) is 0.222. The molecule has 29 heavy (non-hydrogen) atoms. The number of amides is 2. The zero-order chi connectivity index (χ0) is 20.5. The van der Waals surface area contributed by atoms with Gasteiger partial charge in [0.2, 0.25) is 5.91 Å². The van der Waals surface area contributed by atoms with Gasteiger partial charge in [-0.3, -0.25) is 14.7 Å². The first kappa shape index (κ1) is 18.7. The standard InChI is InChI=1S/C18H18N8O2S/c1-25(2)13(27)8-26(3)18(28)17-23-14-15(19-9-20-16(14)29-17)22-11-4-5-12-10(6-11)7-21-24-12/h4-7,9H,8H2,1-3H3,(H,21,24)(H,19,20,22). The van der Waals surface area contributed by atoms with Gasteiger partial charge in [0, 0.05) is 32.2 Å². The predicted octanol–water partition coefficient (Wildman–Crippen LogP) is 1.87. The van der Waals surface area contributed by atoms with Gasteiger partial charge in [-0.05, 0) is 18.2 Å². The van der Waals surface area contributed by atoms with E-state index in [1.54, 1.807) is 27.3 Å². The van der Waals surface area contributed by atoms with Crippen molar-refractivity contribution in [3.05, 3.63) is 35.7 Å². The maximum atomic E-state index is 12.7. The summed E-state index contributed by atoms with van der Waals surface area (Å²) in [7, 11) is 4.86. The molecule has 4 rings (SSSR count). The van der Waals surface area contributed by atoms with Gasteiger partial charge >= 0.3 is 0 Å². The number of aromatic amines is 1. The second-order valence-corrected chi connectivity index (χ2v) is 7.62. The Labute approximate surface area is 169 Å².